The second-order valence-corrected chi connectivity index (χ2v) is 6.61. The van der Waals surface area contributed by atoms with Crippen LogP contribution in [-0.2, 0) is 4.79 Å². The van der Waals surface area contributed by atoms with Crippen molar-refractivity contribution in [1.29, 1.82) is 0 Å². The Kier molecular flexibility index (Phi) is 3.80. The van der Waals surface area contributed by atoms with Gasteiger partial charge in [0.05, 0.1) is 22.4 Å². The van der Waals surface area contributed by atoms with Crippen molar-refractivity contribution in [2.45, 2.75) is 5.37 Å². The largest absolute Gasteiger partial charge is 0.464 e. The Morgan fingerprint density at radius 2 is 1.92 bits per heavy atom. The summed E-state index contributed by atoms with van der Waals surface area (Å²) in [6, 6.07) is 9.76. The van der Waals surface area contributed by atoms with Gasteiger partial charge < -0.3 is 4.42 Å². The Balaban J connectivity index is 1.85. The van der Waals surface area contributed by atoms with E-state index in [2.05, 4.69) is 0 Å². The maximum Gasteiger partial charge on any atom is 0.238 e. The average Bonchev–Trinajstić information content (AvgIpc) is 2.97. The highest BCUT2D eigenvalue weighted by atomic mass is 32.2. The lowest BCUT2D eigenvalue weighted by Crippen LogP contribution is -2.31. The molecule has 0 saturated carbocycles. The molecule has 2 heterocycles. The molecule has 126 valence electrons. The van der Waals surface area contributed by atoms with Gasteiger partial charge in [-0.1, -0.05) is 12.1 Å². The van der Waals surface area contributed by atoms with Crippen LogP contribution in [0.5, 0.6) is 0 Å². The van der Waals surface area contributed by atoms with Gasteiger partial charge in [-0.15, -0.1) is 11.8 Å². The molecule has 1 aromatic heterocycles. The maximum atomic E-state index is 14.2. The van der Waals surface area contributed by atoms with Crippen LogP contribution in [0, 0.1) is 11.6 Å². The van der Waals surface area contributed by atoms with Gasteiger partial charge in [0, 0.05) is 6.07 Å². The van der Waals surface area contributed by atoms with Gasteiger partial charge in [0.1, 0.15) is 28.9 Å². The lowest BCUT2D eigenvalue weighted by molar-refractivity contribution is -0.115. The van der Waals surface area contributed by atoms with Crippen LogP contribution < -0.4 is 10.3 Å². The average molecular weight is 359 g/mol. The Bertz CT molecular complexity index is 1050. The number of hydrogen-bond acceptors (Lipinski definition) is 4. The van der Waals surface area contributed by atoms with E-state index in [0.717, 1.165) is 6.07 Å². The lowest BCUT2D eigenvalue weighted by atomic mass is 10.1. The first kappa shape index (κ1) is 15.8. The van der Waals surface area contributed by atoms with Crippen molar-refractivity contribution >= 4 is 34.3 Å². The molecule has 1 amide bonds. The number of fused-ring (bicyclic) bond motifs is 1. The molecular formula is C18H11F2NO3S. The van der Waals surface area contributed by atoms with Crippen molar-refractivity contribution in [2.24, 2.45) is 0 Å². The summed E-state index contributed by atoms with van der Waals surface area (Å²) >= 11 is 1.20. The second-order valence-electron chi connectivity index (χ2n) is 5.54. The van der Waals surface area contributed by atoms with Gasteiger partial charge in [0.25, 0.3) is 0 Å². The van der Waals surface area contributed by atoms with Crippen LogP contribution in [0.1, 0.15) is 10.9 Å². The molecular weight excluding hydrogens is 348 g/mol. The van der Waals surface area contributed by atoms with E-state index in [1.54, 1.807) is 24.3 Å². The number of benzene rings is 2. The fourth-order valence-corrected chi connectivity index (χ4v) is 4.02. The number of carbonyl (C=O) groups excluding carboxylic acids is 1. The zero-order valence-electron chi connectivity index (χ0n) is 12.7. The van der Waals surface area contributed by atoms with Gasteiger partial charge >= 0.3 is 0 Å². The van der Waals surface area contributed by atoms with Crippen molar-refractivity contribution in [3.8, 4) is 0 Å². The van der Waals surface area contributed by atoms with E-state index in [4.69, 9.17) is 4.42 Å². The summed E-state index contributed by atoms with van der Waals surface area (Å²) in [5.74, 6) is -1.85. The third-order valence-electron chi connectivity index (χ3n) is 4.01. The number of thioether (sulfide) groups is 1. The molecule has 0 N–H and O–H groups in total. The topological polar surface area (TPSA) is 50.5 Å². The fraction of sp³-hybridized carbons (Fsp3) is 0.111. The minimum Gasteiger partial charge on any atom is -0.464 e. The zero-order valence-corrected chi connectivity index (χ0v) is 13.6. The summed E-state index contributed by atoms with van der Waals surface area (Å²) in [5, 5.41) is -0.340. The Hall–Kier alpha value is -2.67. The first-order valence-electron chi connectivity index (χ1n) is 7.45. The van der Waals surface area contributed by atoms with Crippen molar-refractivity contribution in [3.63, 3.8) is 0 Å². The van der Waals surface area contributed by atoms with Crippen LogP contribution in [0.25, 0.3) is 11.0 Å². The third-order valence-corrected chi connectivity index (χ3v) is 5.20. The van der Waals surface area contributed by atoms with Crippen molar-refractivity contribution in [2.75, 3.05) is 10.7 Å². The first-order chi connectivity index (χ1) is 12.1. The Morgan fingerprint density at radius 1 is 1.12 bits per heavy atom. The molecule has 4 rings (SSSR count). The SMILES string of the molecule is O=C1CSC(c2coc3ccccc3c2=O)N1c1ccc(F)cc1F. The second kappa shape index (κ2) is 6.00. The van der Waals surface area contributed by atoms with Gasteiger partial charge in [0.15, 0.2) is 5.43 Å². The van der Waals surface area contributed by atoms with Gasteiger partial charge in [-0.25, -0.2) is 8.78 Å². The van der Waals surface area contributed by atoms with Crippen LogP contribution in [0.2, 0.25) is 0 Å². The Morgan fingerprint density at radius 3 is 2.72 bits per heavy atom. The third kappa shape index (κ3) is 2.60. The van der Waals surface area contributed by atoms with Gasteiger partial charge in [-0.2, -0.15) is 0 Å². The highest BCUT2D eigenvalue weighted by Gasteiger charge is 2.37. The number of amides is 1. The molecule has 1 saturated heterocycles. The van der Waals surface area contributed by atoms with Crippen LogP contribution in [0.4, 0.5) is 14.5 Å². The number of hydrogen-bond donors (Lipinski definition) is 0. The summed E-state index contributed by atoms with van der Waals surface area (Å²) in [4.78, 5) is 26.2. The molecule has 0 bridgehead atoms. The molecule has 1 aliphatic rings. The number of halogens is 2. The van der Waals surface area contributed by atoms with Gasteiger partial charge in [0.2, 0.25) is 5.91 Å². The maximum absolute atomic E-state index is 14.2. The minimum absolute atomic E-state index is 0.0611. The number of para-hydroxylation sites is 1. The van der Waals surface area contributed by atoms with E-state index in [9.17, 15) is 18.4 Å². The number of carbonyl (C=O) groups is 1. The van der Waals surface area contributed by atoms with E-state index in [0.29, 0.717) is 17.0 Å². The van der Waals surface area contributed by atoms with Crippen molar-refractivity contribution < 1.29 is 18.0 Å². The predicted octanol–water partition coefficient (Wildman–Crippen LogP) is 3.85. The van der Waals surface area contributed by atoms with Crippen LogP contribution >= 0.6 is 11.8 Å². The molecule has 0 spiro atoms. The fourth-order valence-electron chi connectivity index (χ4n) is 2.85. The molecule has 3 aromatic rings. The number of nitrogens with zero attached hydrogens (tertiary/aromatic N) is 1. The molecule has 4 nitrogen and oxygen atoms in total. The quantitative estimate of drug-likeness (QED) is 0.697. The summed E-state index contributed by atoms with van der Waals surface area (Å²) in [5.41, 5.74) is 0.346. The molecule has 1 aliphatic heterocycles. The predicted molar refractivity (Wildman–Crippen MR) is 91.5 cm³/mol. The molecule has 0 aliphatic carbocycles. The zero-order chi connectivity index (χ0) is 17.6. The molecule has 7 heteroatoms. The van der Waals surface area contributed by atoms with Crippen LogP contribution in [-0.4, -0.2) is 11.7 Å². The molecule has 1 fully saturated rings. The minimum atomic E-state index is -0.856. The van der Waals surface area contributed by atoms with E-state index >= 15 is 0 Å². The number of rotatable bonds is 2. The summed E-state index contributed by atoms with van der Waals surface area (Å²) in [7, 11) is 0. The lowest BCUT2D eigenvalue weighted by Gasteiger charge is -2.24. The molecule has 1 unspecified atom stereocenters. The molecule has 25 heavy (non-hydrogen) atoms. The highest BCUT2D eigenvalue weighted by molar-refractivity contribution is 8.00. The van der Waals surface area contributed by atoms with E-state index in [1.807, 2.05) is 0 Å². The smallest absolute Gasteiger partial charge is 0.238 e. The summed E-state index contributed by atoms with van der Waals surface area (Å²) in [6.45, 7) is 0. The monoisotopic (exact) mass is 359 g/mol. The summed E-state index contributed by atoms with van der Waals surface area (Å²) in [6.07, 6.45) is 1.30. The highest BCUT2D eigenvalue weighted by Crippen LogP contribution is 2.41. The Labute approximate surface area is 145 Å². The standard InChI is InChI=1S/C18H11F2NO3S/c19-10-5-6-14(13(20)7-10)21-16(22)9-25-18(21)12-8-24-15-4-2-1-3-11(15)17(12)23/h1-8,18H,9H2. The molecule has 1 atom stereocenters. The van der Waals surface area contributed by atoms with Crippen LogP contribution in [0.3, 0.4) is 0 Å². The number of anilines is 1. The van der Waals surface area contributed by atoms with Gasteiger partial charge in [-0.05, 0) is 24.3 Å². The summed E-state index contributed by atoms with van der Waals surface area (Å²) < 4.78 is 32.8. The first-order valence-corrected chi connectivity index (χ1v) is 8.50. The molecule has 2 aromatic carbocycles. The van der Waals surface area contributed by atoms with Crippen molar-refractivity contribution in [3.05, 3.63) is 76.1 Å². The van der Waals surface area contributed by atoms with E-state index in [1.165, 1.54) is 29.0 Å². The molecule has 0 radical (unpaired) electrons. The van der Waals surface area contributed by atoms with Crippen LogP contribution in [0.15, 0.2) is 57.9 Å². The van der Waals surface area contributed by atoms with E-state index < -0.39 is 17.0 Å². The van der Waals surface area contributed by atoms with E-state index in [-0.39, 0.29) is 28.3 Å². The van der Waals surface area contributed by atoms with Crippen molar-refractivity contribution in [1.82, 2.24) is 0 Å². The van der Waals surface area contributed by atoms with Gasteiger partial charge in [-0.3, -0.25) is 14.5 Å². The normalized spacial score (nSPS) is 17.4.